The van der Waals surface area contributed by atoms with Crippen molar-refractivity contribution in [1.29, 1.82) is 0 Å². The lowest BCUT2D eigenvalue weighted by Crippen LogP contribution is -2.41. The van der Waals surface area contributed by atoms with E-state index in [0.717, 1.165) is 19.3 Å². The second-order valence-electron chi connectivity index (χ2n) is 6.42. The zero-order valence-electron chi connectivity index (χ0n) is 14.7. The predicted molar refractivity (Wildman–Crippen MR) is 94.8 cm³/mol. The van der Waals surface area contributed by atoms with Gasteiger partial charge in [-0.05, 0) is 50.1 Å². The molecule has 1 aliphatic rings. The first-order valence-corrected chi connectivity index (χ1v) is 8.95. The Kier molecular flexibility index (Phi) is 6.35. The fraction of sp³-hybridized carbons (Fsp3) is 0.474. The van der Waals surface area contributed by atoms with E-state index in [9.17, 15) is 9.18 Å². The number of carbonyl (C=O) groups excluding carboxylic acids is 1. The lowest BCUT2D eigenvalue weighted by Gasteiger charge is -2.31. The van der Waals surface area contributed by atoms with Crippen LogP contribution in [0.2, 0.25) is 0 Å². The van der Waals surface area contributed by atoms with Gasteiger partial charge in [0.15, 0.2) is 0 Å². The van der Waals surface area contributed by atoms with Gasteiger partial charge >= 0.3 is 0 Å². The van der Waals surface area contributed by atoms with Gasteiger partial charge in [0.2, 0.25) is 11.8 Å². The number of aromatic nitrogens is 1. The van der Waals surface area contributed by atoms with Gasteiger partial charge in [-0.15, -0.1) is 0 Å². The maximum absolute atomic E-state index is 13.0. The normalized spacial score (nSPS) is 15.4. The average molecular weight is 361 g/mol. The molecule has 26 heavy (non-hydrogen) atoms. The first-order valence-electron chi connectivity index (χ1n) is 8.95. The van der Waals surface area contributed by atoms with Gasteiger partial charge in [-0.1, -0.05) is 0 Å². The lowest BCUT2D eigenvalue weighted by molar-refractivity contribution is -0.133. The van der Waals surface area contributed by atoms with Crippen molar-refractivity contribution in [2.24, 2.45) is 5.73 Å². The first kappa shape index (κ1) is 18.5. The van der Waals surface area contributed by atoms with E-state index >= 15 is 0 Å². The molecule has 2 heterocycles. The van der Waals surface area contributed by atoms with Crippen LogP contribution in [0.25, 0.3) is 11.5 Å². The largest absolute Gasteiger partial charge is 0.444 e. The van der Waals surface area contributed by atoms with E-state index in [1.54, 1.807) is 12.1 Å². The number of hydrogen-bond acceptors (Lipinski definition) is 5. The molecule has 0 saturated carbocycles. The molecule has 1 fully saturated rings. The summed E-state index contributed by atoms with van der Waals surface area (Å²) in [5.74, 6) is 0.107. The molecule has 0 unspecified atom stereocenters. The molecule has 0 radical (unpaired) electrons. The van der Waals surface area contributed by atoms with E-state index in [2.05, 4.69) is 4.98 Å². The fourth-order valence-corrected chi connectivity index (χ4v) is 2.99. The quantitative estimate of drug-likeness (QED) is 0.766. The fourth-order valence-electron chi connectivity index (χ4n) is 2.99. The van der Waals surface area contributed by atoms with E-state index in [4.69, 9.17) is 14.9 Å². The van der Waals surface area contributed by atoms with Gasteiger partial charge in [0.05, 0.1) is 18.2 Å². The molecule has 0 spiro atoms. The van der Waals surface area contributed by atoms with Crippen LogP contribution in [0.3, 0.4) is 0 Å². The van der Waals surface area contributed by atoms with Crippen molar-refractivity contribution in [3.05, 3.63) is 42.0 Å². The highest BCUT2D eigenvalue weighted by atomic mass is 19.1. The highest BCUT2D eigenvalue weighted by molar-refractivity contribution is 5.78. The third kappa shape index (κ3) is 4.89. The summed E-state index contributed by atoms with van der Waals surface area (Å²) in [5.41, 5.74) is 6.72. The highest BCUT2D eigenvalue weighted by Gasteiger charge is 2.24. The Morgan fingerprint density at radius 3 is 2.73 bits per heavy atom. The molecule has 0 aliphatic carbocycles. The number of amides is 1. The van der Waals surface area contributed by atoms with E-state index < -0.39 is 0 Å². The van der Waals surface area contributed by atoms with Crippen LogP contribution in [0.1, 0.15) is 25.0 Å². The molecule has 2 aromatic rings. The van der Waals surface area contributed by atoms with Gasteiger partial charge in [0.1, 0.15) is 12.1 Å². The number of oxazole rings is 1. The highest BCUT2D eigenvalue weighted by Crippen LogP contribution is 2.20. The Hall–Kier alpha value is -2.25. The minimum absolute atomic E-state index is 0.0318. The maximum Gasteiger partial charge on any atom is 0.228 e. The third-order valence-electron chi connectivity index (χ3n) is 4.47. The summed E-state index contributed by atoms with van der Waals surface area (Å²) in [6.45, 7) is 2.69. The van der Waals surface area contributed by atoms with Crippen molar-refractivity contribution in [2.45, 2.75) is 31.8 Å². The van der Waals surface area contributed by atoms with Crippen LogP contribution in [-0.4, -0.2) is 48.1 Å². The van der Waals surface area contributed by atoms with Crippen molar-refractivity contribution >= 4 is 5.91 Å². The zero-order valence-corrected chi connectivity index (χ0v) is 14.7. The number of piperidine rings is 1. The monoisotopic (exact) mass is 361 g/mol. The van der Waals surface area contributed by atoms with Gasteiger partial charge in [0.25, 0.3) is 0 Å². The van der Waals surface area contributed by atoms with Crippen LogP contribution in [0.5, 0.6) is 0 Å². The number of ether oxygens (including phenoxy) is 1. The van der Waals surface area contributed by atoms with Crippen LogP contribution in [0, 0.1) is 5.82 Å². The second-order valence-corrected chi connectivity index (χ2v) is 6.42. The number of halogens is 1. The second kappa shape index (κ2) is 8.91. The molecular formula is C19H24FN3O3. The summed E-state index contributed by atoms with van der Waals surface area (Å²) in [6.07, 6.45) is 4.44. The van der Waals surface area contributed by atoms with Crippen molar-refractivity contribution < 1.29 is 18.3 Å². The number of hydrogen-bond donors (Lipinski definition) is 1. The van der Waals surface area contributed by atoms with Crippen molar-refractivity contribution in [1.82, 2.24) is 9.88 Å². The van der Waals surface area contributed by atoms with Gasteiger partial charge in [-0.25, -0.2) is 9.37 Å². The van der Waals surface area contributed by atoms with Gasteiger partial charge in [-0.3, -0.25) is 4.79 Å². The van der Waals surface area contributed by atoms with Crippen molar-refractivity contribution in [3.63, 3.8) is 0 Å². The smallest absolute Gasteiger partial charge is 0.228 e. The first-order chi connectivity index (χ1) is 12.7. The Labute approximate surface area is 152 Å². The van der Waals surface area contributed by atoms with Gasteiger partial charge in [-0.2, -0.15) is 0 Å². The number of rotatable bonds is 7. The Morgan fingerprint density at radius 1 is 1.31 bits per heavy atom. The van der Waals surface area contributed by atoms with E-state index in [1.165, 1.54) is 18.4 Å². The molecular weight excluding hydrogens is 337 g/mol. The van der Waals surface area contributed by atoms with Crippen LogP contribution in [-0.2, 0) is 16.0 Å². The maximum atomic E-state index is 13.0. The average Bonchev–Trinajstić information content (AvgIpc) is 3.11. The molecule has 1 saturated heterocycles. The summed E-state index contributed by atoms with van der Waals surface area (Å²) in [4.78, 5) is 18.6. The molecule has 0 bridgehead atoms. The number of nitrogens with two attached hydrogens (primary N) is 1. The Balaban J connectivity index is 1.49. The topological polar surface area (TPSA) is 81.6 Å². The molecule has 0 atom stereocenters. The molecule has 6 nitrogen and oxygen atoms in total. The predicted octanol–water partition coefficient (Wildman–Crippen LogP) is 2.38. The minimum atomic E-state index is -0.314. The van der Waals surface area contributed by atoms with Gasteiger partial charge in [0, 0.05) is 25.3 Å². The Bertz CT molecular complexity index is 709. The standard InChI is InChI=1S/C19H24FN3O3/c20-15-4-2-14(3-5-15)19-22-16(13-26-19)12-18(24)23-9-6-17(7-10-23)25-11-1-8-21/h2-5,13,17H,1,6-12,21H2. The summed E-state index contributed by atoms with van der Waals surface area (Å²) >= 11 is 0. The molecule has 1 aromatic heterocycles. The van der Waals surface area contributed by atoms with E-state index in [0.29, 0.717) is 43.4 Å². The molecule has 140 valence electrons. The SMILES string of the molecule is NCCCOC1CCN(C(=O)Cc2coc(-c3ccc(F)cc3)n2)CC1. The summed E-state index contributed by atoms with van der Waals surface area (Å²) in [7, 11) is 0. The number of likely N-dealkylation sites (tertiary alicyclic amines) is 1. The molecule has 1 aliphatic heterocycles. The minimum Gasteiger partial charge on any atom is -0.444 e. The molecule has 7 heteroatoms. The Morgan fingerprint density at radius 2 is 2.04 bits per heavy atom. The lowest BCUT2D eigenvalue weighted by atomic mass is 10.1. The molecule has 2 N–H and O–H groups in total. The number of carbonyl (C=O) groups is 1. The number of nitrogens with zero attached hydrogens (tertiary/aromatic N) is 2. The van der Waals surface area contributed by atoms with Crippen molar-refractivity contribution in [3.8, 4) is 11.5 Å². The van der Waals surface area contributed by atoms with E-state index in [-0.39, 0.29) is 24.2 Å². The molecule has 1 aromatic carbocycles. The third-order valence-corrected chi connectivity index (χ3v) is 4.47. The molecule has 1 amide bonds. The van der Waals surface area contributed by atoms with E-state index in [1.807, 2.05) is 4.90 Å². The van der Waals surface area contributed by atoms with Gasteiger partial charge < -0.3 is 19.8 Å². The summed E-state index contributed by atoms with van der Waals surface area (Å²) in [6, 6.07) is 5.90. The zero-order chi connectivity index (χ0) is 18.4. The van der Waals surface area contributed by atoms with Crippen LogP contribution in [0.4, 0.5) is 4.39 Å². The summed E-state index contributed by atoms with van der Waals surface area (Å²) < 4.78 is 24.2. The van der Waals surface area contributed by atoms with Crippen LogP contribution in [0.15, 0.2) is 34.9 Å². The molecule has 3 rings (SSSR count). The van der Waals surface area contributed by atoms with Crippen LogP contribution < -0.4 is 5.73 Å². The number of benzene rings is 1. The van der Waals surface area contributed by atoms with Crippen LogP contribution >= 0.6 is 0 Å². The summed E-state index contributed by atoms with van der Waals surface area (Å²) in [5, 5.41) is 0. The van der Waals surface area contributed by atoms with Crippen molar-refractivity contribution in [2.75, 3.05) is 26.2 Å².